The molecular weight excluding hydrogens is 176 g/mol. The Hall–Kier alpha value is -1.15. The summed E-state index contributed by atoms with van der Waals surface area (Å²) in [4.78, 5) is 11.2. The highest BCUT2D eigenvalue weighted by Gasteiger charge is 2.45. The van der Waals surface area contributed by atoms with Crippen LogP contribution in [0.25, 0.3) is 0 Å². The third-order valence-corrected chi connectivity index (χ3v) is 2.95. The lowest BCUT2D eigenvalue weighted by Crippen LogP contribution is -2.15. The Morgan fingerprint density at radius 1 is 1.29 bits per heavy atom. The van der Waals surface area contributed by atoms with Gasteiger partial charge in [0.2, 0.25) is 0 Å². The highest BCUT2D eigenvalue weighted by molar-refractivity contribution is 5.81. The first-order valence-electron chi connectivity index (χ1n) is 4.95. The zero-order valence-corrected chi connectivity index (χ0v) is 8.07. The number of hydrogen-bond donors (Lipinski definition) is 1. The number of carbonyl (C=O) groups excluding carboxylic acids is 1. The molecule has 1 aromatic carbocycles. The van der Waals surface area contributed by atoms with Crippen LogP contribution < -0.4 is 0 Å². The Kier molecular flexibility index (Phi) is 2.38. The number of benzene rings is 1. The fourth-order valence-corrected chi connectivity index (χ4v) is 1.94. The van der Waals surface area contributed by atoms with Crippen molar-refractivity contribution in [2.75, 3.05) is 6.61 Å². The smallest absolute Gasteiger partial charge is 0.159 e. The van der Waals surface area contributed by atoms with Gasteiger partial charge in [0.15, 0.2) is 5.78 Å². The number of rotatable bonds is 4. The molecule has 0 spiro atoms. The van der Waals surface area contributed by atoms with Gasteiger partial charge in [0, 0.05) is 11.8 Å². The van der Waals surface area contributed by atoms with Crippen molar-refractivity contribution >= 4 is 5.78 Å². The fourth-order valence-electron chi connectivity index (χ4n) is 1.94. The predicted octanol–water partition coefficient (Wildman–Crippen LogP) is 1.67. The van der Waals surface area contributed by atoms with Crippen LogP contribution >= 0.6 is 0 Å². The summed E-state index contributed by atoms with van der Waals surface area (Å²) in [6, 6.07) is 10.1. The van der Waals surface area contributed by atoms with Gasteiger partial charge in [-0.25, -0.2) is 0 Å². The first-order chi connectivity index (χ1) is 6.77. The second kappa shape index (κ2) is 3.54. The maximum absolute atomic E-state index is 11.2. The maximum Gasteiger partial charge on any atom is 0.159 e. The Morgan fingerprint density at radius 2 is 1.93 bits per heavy atom. The molecule has 14 heavy (non-hydrogen) atoms. The highest BCUT2D eigenvalue weighted by atomic mass is 16.3. The van der Waals surface area contributed by atoms with Gasteiger partial charge in [-0.2, -0.15) is 0 Å². The zero-order chi connectivity index (χ0) is 10.0. The van der Waals surface area contributed by atoms with Crippen molar-refractivity contribution in [3.05, 3.63) is 35.9 Å². The molecule has 1 aliphatic carbocycles. The monoisotopic (exact) mass is 190 g/mol. The van der Waals surface area contributed by atoms with Gasteiger partial charge in [0.05, 0.1) is 0 Å². The van der Waals surface area contributed by atoms with Gasteiger partial charge in [-0.1, -0.05) is 30.3 Å². The van der Waals surface area contributed by atoms with E-state index < -0.39 is 0 Å². The van der Waals surface area contributed by atoms with Crippen LogP contribution in [-0.2, 0) is 10.2 Å². The third kappa shape index (κ3) is 1.70. The van der Waals surface area contributed by atoms with Crippen molar-refractivity contribution in [3.8, 4) is 0 Å². The number of Topliss-reactive ketones (excluding diaryl/α,β-unsaturated/α-hetero) is 1. The molecule has 0 amide bonds. The van der Waals surface area contributed by atoms with E-state index in [9.17, 15) is 4.79 Å². The van der Waals surface area contributed by atoms with Crippen LogP contribution in [0, 0.1) is 0 Å². The van der Waals surface area contributed by atoms with E-state index in [1.54, 1.807) is 0 Å². The van der Waals surface area contributed by atoms with Crippen LogP contribution in [0.5, 0.6) is 0 Å². The molecule has 1 aromatic rings. The average Bonchev–Trinajstić information content (AvgIpc) is 3.00. The summed E-state index contributed by atoms with van der Waals surface area (Å²) in [6.45, 7) is -0.325. The summed E-state index contributed by atoms with van der Waals surface area (Å²) < 4.78 is 0. The minimum atomic E-state index is -0.325. The molecule has 1 fully saturated rings. The van der Waals surface area contributed by atoms with Crippen LogP contribution in [-0.4, -0.2) is 17.5 Å². The Labute approximate surface area is 83.6 Å². The average molecular weight is 190 g/mol. The highest BCUT2D eigenvalue weighted by Crippen LogP contribution is 2.50. The SMILES string of the molecule is O=C(CO)CC1(c2ccccc2)CC1. The van der Waals surface area contributed by atoms with Crippen LogP contribution in [0.4, 0.5) is 0 Å². The third-order valence-electron chi connectivity index (χ3n) is 2.95. The van der Waals surface area contributed by atoms with Crippen molar-refractivity contribution in [2.24, 2.45) is 0 Å². The molecule has 2 heteroatoms. The molecule has 0 atom stereocenters. The zero-order valence-electron chi connectivity index (χ0n) is 8.07. The van der Waals surface area contributed by atoms with Crippen LogP contribution in [0.15, 0.2) is 30.3 Å². The van der Waals surface area contributed by atoms with Gasteiger partial charge in [-0.05, 0) is 18.4 Å². The van der Waals surface area contributed by atoms with Crippen molar-refractivity contribution in [3.63, 3.8) is 0 Å². The van der Waals surface area contributed by atoms with Gasteiger partial charge in [-0.15, -0.1) is 0 Å². The van der Waals surface area contributed by atoms with Gasteiger partial charge in [-0.3, -0.25) is 4.79 Å². The van der Waals surface area contributed by atoms with E-state index in [4.69, 9.17) is 5.11 Å². The second-order valence-electron chi connectivity index (χ2n) is 4.02. The maximum atomic E-state index is 11.2. The number of hydrogen-bond acceptors (Lipinski definition) is 2. The molecular formula is C12H14O2. The van der Waals surface area contributed by atoms with E-state index in [1.165, 1.54) is 5.56 Å². The lowest BCUT2D eigenvalue weighted by molar-refractivity contribution is -0.122. The molecule has 0 aliphatic heterocycles. The molecule has 1 saturated carbocycles. The normalized spacial score (nSPS) is 17.8. The number of aliphatic hydroxyl groups is 1. The molecule has 0 radical (unpaired) electrons. The van der Waals surface area contributed by atoms with E-state index in [-0.39, 0.29) is 17.8 Å². The minimum absolute atomic E-state index is 0.0497. The molecule has 0 aromatic heterocycles. The van der Waals surface area contributed by atoms with E-state index in [0.29, 0.717) is 6.42 Å². The number of ketones is 1. The summed E-state index contributed by atoms with van der Waals surface area (Å²) in [6.07, 6.45) is 2.64. The van der Waals surface area contributed by atoms with Crippen LogP contribution in [0.2, 0.25) is 0 Å². The lowest BCUT2D eigenvalue weighted by Gasteiger charge is -2.13. The molecule has 2 nitrogen and oxygen atoms in total. The summed E-state index contributed by atoms with van der Waals surface area (Å²) >= 11 is 0. The van der Waals surface area contributed by atoms with Gasteiger partial charge in [0.1, 0.15) is 6.61 Å². The first-order valence-corrected chi connectivity index (χ1v) is 4.95. The van der Waals surface area contributed by atoms with E-state index in [0.717, 1.165) is 12.8 Å². The largest absolute Gasteiger partial charge is 0.389 e. The van der Waals surface area contributed by atoms with Crippen molar-refractivity contribution in [2.45, 2.75) is 24.7 Å². The molecule has 74 valence electrons. The molecule has 1 N–H and O–H groups in total. The van der Waals surface area contributed by atoms with Crippen molar-refractivity contribution in [1.82, 2.24) is 0 Å². The van der Waals surface area contributed by atoms with E-state index >= 15 is 0 Å². The molecule has 0 heterocycles. The Balaban J connectivity index is 2.14. The van der Waals surface area contributed by atoms with E-state index in [2.05, 4.69) is 12.1 Å². The standard InChI is InChI=1S/C12H14O2/c13-9-11(14)8-12(6-7-12)10-4-2-1-3-5-10/h1-5,13H,6-9H2. The molecule has 0 saturated heterocycles. The fraction of sp³-hybridized carbons (Fsp3) is 0.417. The van der Waals surface area contributed by atoms with Gasteiger partial charge < -0.3 is 5.11 Å². The van der Waals surface area contributed by atoms with Crippen molar-refractivity contribution in [1.29, 1.82) is 0 Å². The second-order valence-corrected chi connectivity index (χ2v) is 4.02. The van der Waals surface area contributed by atoms with Gasteiger partial charge in [0.25, 0.3) is 0 Å². The molecule has 0 bridgehead atoms. The summed E-state index contributed by atoms with van der Waals surface area (Å²) in [5.41, 5.74) is 1.29. The number of carbonyl (C=O) groups is 1. The minimum Gasteiger partial charge on any atom is -0.389 e. The number of aliphatic hydroxyl groups excluding tert-OH is 1. The van der Waals surface area contributed by atoms with E-state index in [1.807, 2.05) is 18.2 Å². The molecule has 2 rings (SSSR count). The molecule has 0 unspecified atom stereocenters. The Bertz CT molecular complexity index is 325. The summed E-state index contributed by atoms with van der Waals surface area (Å²) in [5, 5.41) is 8.72. The summed E-state index contributed by atoms with van der Waals surface area (Å²) in [5.74, 6) is -0.0497. The first kappa shape index (κ1) is 9.41. The molecule has 1 aliphatic rings. The quantitative estimate of drug-likeness (QED) is 0.784. The summed E-state index contributed by atoms with van der Waals surface area (Å²) in [7, 11) is 0. The topological polar surface area (TPSA) is 37.3 Å². The Morgan fingerprint density at radius 3 is 2.43 bits per heavy atom. The lowest BCUT2D eigenvalue weighted by atomic mass is 9.91. The van der Waals surface area contributed by atoms with Crippen LogP contribution in [0.1, 0.15) is 24.8 Å². The predicted molar refractivity (Wildman–Crippen MR) is 54.1 cm³/mol. The van der Waals surface area contributed by atoms with Gasteiger partial charge >= 0.3 is 0 Å². The van der Waals surface area contributed by atoms with Crippen LogP contribution in [0.3, 0.4) is 0 Å². The van der Waals surface area contributed by atoms with Crippen molar-refractivity contribution < 1.29 is 9.90 Å².